The van der Waals surface area contributed by atoms with E-state index in [-0.39, 0.29) is 22.8 Å². The van der Waals surface area contributed by atoms with Gasteiger partial charge in [0.15, 0.2) is 0 Å². The summed E-state index contributed by atoms with van der Waals surface area (Å²) in [6.07, 6.45) is 0. The standard InChI is InChI=1S/C26H20FN3O4/c1-14-6-5-7-15(12-14)22-21(23(31)17-13-16(27)10-11-20(17)34-2)24(32)25(33)30(22)26-28-18-8-3-4-9-19(18)29-26/h3-13,22,31H,1-2H3,(H,28,29)/b23-21+. The maximum absolute atomic E-state index is 14.1. The lowest BCUT2D eigenvalue weighted by molar-refractivity contribution is -0.132. The van der Waals surface area contributed by atoms with Crippen LogP contribution in [0.2, 0.25) is 0 Å². The van der Waals surface area contributed by atoms with Gasteiger partial charge in [-0.05, 0) is 42.8 Å². The highest BCUT2D eigenvalue weighted by Crippen LogP contribution is 2.43. The second-order valence-electron chi connectivity index (χ2n) is 8.01. The average Bonchev–Trinajstić information content (AvgIpc) is 3.37. The number of benzene rings is 3. The third-order valence-electron chi connectivity index (χ3n) is 5.82. The van der Waals surface area contributed by atoms with E-state index >= 15 is 0 Å². The number of fused-ring (bicyclic) bond motifs is 1. The fourth-order valence-electron chi connectivity index (χ4n) is 4.27. The number of rotatable bonds is 4. The maximum atomic E-state index is 14.1. The number of aliphatic hydroxyl groups excluding tert-OH is 1. The predicted octanol–water partition coefficient (Wildman–Crippen LogP) is 4.65. The monoisotopic (exact) mass is 457 g/mol. The summed E-state index contributed by atoms with van der Waals surface area (Å²) in [6.45, 7) is 1.88. The molecule has 0 saturated carbocycles. The summed E-state index contributed by atoms with van der Waals surface area (Å²) in [5.41, 5.74) is 2.60. The van der Waals surface area contributed by atoms with Crippen molar-refractivity contribution in [1.29, 1.82) is 0 Å². The number of nitrogens with one attached hydrogen (secondary N) is 1. The molecule has 1 atom stereocenters. The Labute approximate surface area is 194 Å². The van der Waals surface area contributed by atoms with Crippen molar-refractivity contribution in [2.75, 3.05) is 12.0 Å². The van der Waals surface area contributed by atoms with E-state index in [0.29, 0.717) is 16.6 Å². The van der Waals surface area contributed by atoms with Gasteiger partial charge in [0.1, 0.15) is 17.3 Å². The van der Waals surface area contributed by atoms with Crippen LogP contribution in [-0.4, -0.2) is 33.9 Å². The van der Waals surface area contributed by atoms with Gasteiger partial charge in [-0.3, -0.25) is 14.5 Å². The van der Waals surface area contributed by atoms with E-state index < -0.39 is 29.3 Å². The van der Waals surface area contributed by atoms with Crippen LogP contribution in [0.25, 0.3) is 16.8 Å². The lowest BCUT2D eigenvalue weighted by Crippen LogP contribution is -2.30. The number of Topliss-reactive ketones (excluding diaryl/α,β-unsaturated/α-hetero) is 1. The van der Waals surface area contributed by atoms with E-state index in [2.05, 4.69) is 9.97 Å². The number of anilines is 1. The van der Waals surface area contributed by atoms with Crippen molar-refractivity contribution in [2.45, 2.75) is 13.0 Å². The number of hydrogen-bond acceptors (Lipinski definition) is 5. The zero-order valence-corrected chi connectivity index (χ0v) is 18.4. The molecule has 0 radical (unpaired) electrons. The molecule has 34 heavy (non-hydrogen) atoms. The van der Waals surface area contributed by atoms with E-state index in [9.17, 15) is 19.1 Å². The van der Waals surface area contributed by atoms with Crippen LogP contribution >= 0.6 is 0 Å². The molecule has 0 spiro atoms. The number of ether oxygens (including phenoxy) is 1. The van der Waals surface area contributed by atoms with E-state index in [0.717, 1.165) is 11.6 Å². The number of aryl methyl sites for hydroxylation is 1. The third kappa shape index (κ3) is 3.40. The lowest BCUT2D eigenvalue weighted by atomic mass is 9.94. The molecule has 170 valence electrons. The molecule has 3 aromatic carbocycles. The fraction of sp³-hybridized carbons (Fsp3) is 0.115. The topological polar surface area (TPSA) is 95.5 Å². The third-order valence-corrected chi connectivity index (χ3v) is 5.82. The van der Waals surface area contributed by atoms with Crippen molar-refractivity contribution in [2.24, 2.45) is 0 Å². The van der Waals surface area contributed by atoms with Crippen LogP contribution in [-0.2, 0) is 9.59 Å². The summed E-state index contributed by atoms with van der Waals surface area (Å²) in [6, 6.07) is 17.1. The van der Waals surface area contributed by atoms with E-state index in [1.165, 1.54) is 24.1 Å². The van der Waals surface area contributed by atoms with Gasteiger partial charge >= 0.3 is 5.91 Å². The highest BCUT2D eigenvalue weighted by atomic mass is 19.1. The summed E-state index contributed by atoms with van der Waals surface area (Å²) in [5, 5.41) is 11.3. The van der Waals surface area contributed by atoms with Gasteiger partial charge in [0, 0.05) is 0 Å². The second kappa shape index (κ2) is 8.15. The molecule has 1 saturated heterocycles. The SMILES string of the molecule is COc1ccc(F)cc1/C(O)=C1\C(=O)C(=O)N(c2nc3ccccc3[nH]2)C1c1cccc(C)c1. The summed E-state index contributed by atoms with van der Waals surface area (Å²) in [7, 11) is 1.37. The summed E-state index contributed by atoms with van der Waals surface area (Å²) < 4.78 is 19.3. The van der Waals surface area contributed by atoms with Crippen molar-refractivity contribution < 1.29 is 23.8 Å². The number of H-pyrrole nitrogens is 1. The minimum absolute atomic E-state index is 0.0252. The second-order valence-corrected chi connectivity index (χ2v) is 8.01. The number of hydrogen-bond donors (Lipinski definition) is 2. The van der Waals surface area contributed by atoms with Crippen LogP contribution < -0.4 is 9.64 Å². The highest BCUT2D eigenvalue weighted by molar-refractivity contribution is 6.51. The number of carbonyl (C=O) groups is 2. The fourth-order valence-corrected chi connectivity index (χ4v) is 4.27. The molecule has 0 bridgehead atoms. The zero-order valence-electron chi connectivity index (χ0n) is 18.4. The van der Waals surface area contributed by atoms with Crippen LogP contribution in [0.5, 0.6) is 5.75 Å². The molecule has 2 N–H and O–H groups in total. The van der Waals surface area contributed by atoms with Crippen molar-refractivity contribution >= 4 is 34.4 Å². The molecule has 1 aliphatic rings. The molecule has 5 rings (SSSR count). The number of carbonyl (C=O) groups excluding carboxylic acids is 2. The number of aliphatic hydroxyl groups is 1. The van der Waals surface area contributed by atoms with Crippen molar-refractivity contribution in [1.82, 2.24) is 9.97 Å². The number of aromatic nitrogens is 2. The summed E-state index contributed by atoms with van der Waals surface area (Å²) in [4.78, 5) is 35.4. The molecular formula is C26H20FN3O4. The van der Waals surface area contributed by atoms with E-state index in [1.54, 1.807) is 18.2 Å². The number of para-hydroxylation sites is 2. The number of ketones is 1. The first-order valence-electron chi connectivity index (χ1n) is 10.5. The molecule has 2 heterocycles. The van der Waals surface area contributed by atoms with Crippen LogP contribution in [0.15, 0.2) is 72.3 Å². The molecule has 4 aromatic rings. The number of imidazole rings is 1. The Hall–Kier alpha value is -4.46. The van der Waals surface area contributed by atoms with Crippen LogP contribution in [0.1, 0.15) is 22.7 Å². The Morgan fingerprint density at radius 1 is 1.09 bits per heavy atom. The summed E-state index contributed by atoms with van der Waals surface area (Å²) >= 11 is 0. The molecule has 1 aliphatic heterocycles. The minimum Gasteiger partial charge on any atom is -0.507 e. The number of methoxy groups -OCH3 is 1. The first-order chi connectivity index (χ1) is 16.4. The smallest absolute Gasteiger partial charge is 0.302 e. The van der Waals surface area contributed by atoms with Gasteiger partial charge in [-0.25, -0.2) is 9.37 Å². The average molecular weight is 457 g/mol. The Morgan fingerprint density at radius 2 is 1.88 bits per heavy atom. The Kier molecular flexibility index (Phi) is 5.13. The Bertz CT molecular complexity index is 1460. The van der Waals surface area contributed by atoms with Crippen molar-refractivity contribution in [3.8, 4) is 5.75 Å². The van der Waals surface area contributed by atoms with Gasteiger partial charge in [0.05, 0.1) is 35.3 Å². The molecule has 1 fully saturated rings. The van der Waals surface area contributed by atoms with Crippen LogP contribution in [0.3, 0.4) is 0 Å². The van der Waals surface area contributed by atoms with Gasteiger partial charge in [-0.2, -0.15) is 0 Å². The van der Waals surface area contributed by atoms with E-state index in [4.69, 9.17) is 4.74 Å². The largest absolute Gasteiger partial charge is 0.507 e. The first-order valence-corrected chi connectivity index (χ1v) is 10.5. The van der Waals surface area contributed by atoms with Gasteiger partial charge in [-0.1, -0.05) is 42.0 Å². The zero-order chi connectivity index (χ0) is 24.0. The lowest BCUT2D eigenvalue weighted by Gasteiger charge is -2.23. The Morgan fingerprint density at radius 3 is 2.62 bits per heavy atom. The summed E-state index contributed by atoms with van der Waals surface area (Å²) in [5.74, 6) is -2.59. The minimum atomic E-state index is -0.992. The van der Waals surface area contributed by atoms with Crippen LogP contribution in [0, 0.1) is 12.7 Å². The molecule has 1 aromatic heterocycles. The van der Waals surface area contributed by atoms with Crippen molar-refractivity contribution in [3.05, 3.63) is 94.8 Å². The number of halogens is 1. The van der Waals surface area contributed by atoms with Gasteiger partial charge in [0.25, 0.3) is 5.78 Å². The Balaban J connectivity index is 1.77. The first kappa shape index (κ1) is 21.4. The van der Waals surface area contributed by atoms with Crippen molar-refractivity contribution in [3.63, 3.8) is 0 Å². The van der Waals surface area contributed by atoms with Gasteiger partial charge in [0.2, 0.25) is 5.95 Å². The molecule has 1 amide bonds. The predicted molar refractivity (Wildman–Crippen MR) is 125 cm³/mol. The number of aromatic amines is 1. The molecule has 7 nitrogen and oxygen atoms in total. The number of nitrogens with zero attached hydrogens (tertiary/aromatic N) is 2. The van der Waals surface area contributed by atoms with Crippen LogP contribution in [0.4, 0.5) is 10.3 Å². The highest BCUT2D eigenvalue weighted by Gasteiger charge is 2.48. The van der Waals surface area contributed by atoms with E-state index in [1.807, 2.05) is 37.3 Å². The molecule has 1 unspecified atom stereocenters. The normalized spacial score (nSPS) is 17.5. The maximum Gasteiger partial charge on any atom is 0.302 e. The van der Waals surface area contributed by atoms with Gasteiger partial charge in [-0.15, -0.1) is 0 Å². The van der Waals surface area contributed by atoms with Gasteiger partial charge < -0.3 is 14.8 Å². The number of amides is 1. The molecule has 8 heteroatoms. The quantitative estimate of drug-likeness (QED) is 0.264. The molecular weight excluding hydrogens is 437 g/mol. The molecule has 0 aliphatic carbocycles.